The van der Waals surface area contributed by atoms with Crippen LogP contribution in [0.3, 0.4) is 0 Å². The molecule has 2 aromatic rings. The smallest absolute Gasteiger partial charge is 0.307 e. The first kappa shape index (κ1) is 7.76. The number of carboxylic acids is 1. The van der Waals surface area contributed by atoms with Gasteiger partial charge >= 0.3 is 5.97 Å². The van der Waals surface area contributed by atoms with Gasteiger partial charge in [-0.2, -0.15) is 11.3 Å². The van der Waals surface area contributed by atoms with Crippen molar-refractivity contribution in [2.75, 3.05) is 0 Å². The summed E-state index contributed by atoms with van der Waals surface area (Å²) in [7, 11) is 0. The van der Waals surface area contributed by atoms with E-state index in [1.165, 1.54) is 4.70 Å². The maximum Gasteiger partial charge on any atom is 0.307 e. The lowest BCUT2D eigenvalue weighted by Crippen LogP contribution is -1.98. The van der Waals surface area contributed by atoms with E-state index in [1.807, 2.05) is 16.1 Å². The van der Waals surface area contributed by atoms with Gasteiger partial charge in [0.1, 0.15) is 0 Å². The predicted molar refractivity (Wildman–Crippen MR) is 51.0 cm³/mol. The van der Waals surface area contributed by atoms with Gasteiger partial charge in [0.25, 0.3) is 0 Å². The molecule has 0 fully saturated rings. The average Bonchev–Trinajstić information content (AvgIpc) is 2.52. The van der Waals surface area contributed by atoms with E-state index in [9.17, 15) is 4.79 Å². The quantitative estimate of drug-likeness (QED) is 0.805. The van der Waals surface area contributed by atoms with Gasteiger partial charge in [-0.3, -0.25) is 4.79 Å². The monoisotopic (exact) mass is 198 g/mol. The molecule has 0 spiro atoms. The summed E-state index contributed by atoms with van der Waals surface area (Å²) in [6.45, 7) is 0. The summed E-state index contributed by atoms with van der Waals surface area (Å²) in [5, 5.41) is 15.7. The molecule has 0 aliphatic rings. The minimum Gasteiger partial charge on any atom is -0.481 e. The summed E-state index contributed by atoms with van der Waals surface area (Å²) < 4.78 is 1.19. The summed E-state index contributed by atoms with van der Waals surface area (Å²) in [6.07, 6.45) is 0.136. The fourth-order valence-electron chi connectivity index (χ4n) is 1.11. The maximum atomic E-state index is 10.4. The molecule has 0 atom stereocenters. The zero-order valence-electron chi connectivity index (χ0n) is 6.11. The van der Waals surface area contributed by atoms with Gasteiger partial charge in [0.2, 0.25) is 0 Å². The first-order valence-corrected chi connectivity index (χ1v) is 5.23. The Labute approximate surface area is 77.1 Å². The van der Waals surface area contributed by atoms with Crippen LogP contribution in [-0.4, -0.2) is 11.1 Å². The van der Waals surface area contributed by atoms with Crippen LogP contribution in [0.15, 0.2) is 16.1 Å². The van der Waals surface area contributed by atoms with Gasteiger partial charge < -0.3 is 5.11 Å². The first-order chi connectivity index (χ1) is 5.77. The van der Waals surface area contributed by atoms with Crippen molar-refractivity contribution in [3.63, 3.8) is 0 Å². The van der Waals surface area contributed by atoms with Crippen LogP contribution in [0.25, 0.3) is 10.1 Å². The van der Waals surface area contributed by atoms with E-state index in [0.29, 0.717) is 0 Å². The molecule has 0 saturated heterocycles. The maximum absolute atomic E-state index is 10.4. The highest BCUT2D eigenvalue weighted by molar-refractivity contribution is 7.21. The number of aliphatic carboxylic acids is 1. The number of thiophene rings is 2. The molecule has 0 aliphatic heterocycles. The average molecular weight is 198 g/mol. The molecule has 1 N–H and O–H groups in total. The van der Waals surface area contributed by atoms with Crippen molar-refractivity contribution in [2.24, 2.45) is 0 Å². The fraction of sp³-hybridized carbons (Fsp3) is 0.125. The van der Waals surface area contributed by atoms with E-state index in [2.05, 4.69) is 0 Å². The van der Waals surface area contributed by atoms with E-state index in [-0.39, 0.29) is 6.42 Å². The molecule has 62 valence electrons. The van der Waals surface area contributed by atoms with Crippen molar-refractivity contribution in [2.45, 2.75) is 6.42 Å². The number of hydrogen-bond acceptors (Lipinski definition) is 3. The van der Waals surface area contributed by atoms with Crippen LogP contribution in [0.2, 0.25) is 0 Å². The molecule has 0 aromatic carbocycles. The molecule has 2 aromatic heterocycles. The molecular formula is C8H6O2S2. The first-order valence-electron chi connectivity index (χ1n) is 3.41. The van der Waals surface area contributed by atoms with Crippen molar-refractivity contribution < 1.29 is 9.90 Å². The van der Waals surface area contributed by atoms with Gasteiger partial charge in [-0.15, -0.1) is 11.3 Å². The van der Waals surface area contributed by atoms with E-state index < -0.39 is 5.97 Å². The summed E-state index contributed by atoms with van der Waals surface area (Å²) in [5.41, 5.74) is 0.934. The lowest BCUT2D eigenvalue weighted by atomic mass is 10.2. The van der Waals surface area contributed by atoms with Crippen molar-refractivity contribution in [3.8, 4) is 0 Å². The van der Waals surface area contributed by atoms with Gasteiger partial charge in [0, 0.05) is 15.5 Å². The van der Waals surface area contributed by atoms with Crippen molar-refractivity contribution in [3.05, 3.63) is 21.7 Å². The van der Waals surface area contributed by atoms with Crippen LogP contribution >= 0.6 is 22.7 Å². The van der Waals surface area contributed by atoms with Crippen LogP contribution in [0.4, 0.5) is 0 Å². The van der Waals surface area contributed by atoms with Gasteiger partial charge in [0.05, 0.1) is 6.42 Å². The topological polar surface area (TPSA) is 37.3 Å². The molecule has 0 aliphatic carbocycles. The Balaban J connectivity index is 2.47. The van der Waals surface area contributed by atoms with Gasteiger partial charge in [0.15, 0.2) is 0 Å². The van der Waals surface area contributed by atoms with Crippen LogP contribution in [0, 0.1) is 0 Å². The number of fused-ring (bicyclic) bond motifs is 1. The van der Waals surface area contributed by atoms with Gasteiger partial charge in [-0.25, -0.2) is 0 Å². The minimum atomic E-state index is -0.763. The summed E-state index contributed by atoms with van der Waals surface area (Å²) in [4.78, 5) is 10.4. The zero-order chi connectivity index (χ0) is 8.55. The second-order valence-corrected chi connectivity index (χ2v) is 4.14. The Morgan fingerprint density at radius 1 is 1.42 bits per heavy atom. The second kappa shape index (κ2) is 2.88. The van der Waals surface area contributed by atoms with Crippen molar-refractivity contribution >= 4 is 38.7 Å². The third-order valence-electron chi connectivity index (χ3n) is 1.64. The molecule has 0 saturated carbocycles. The molecule has 4 heteroatoms. The molecule has 0 bridgehead atoms. The highest BCUT2D eigenvalue weighted by Gasteiger charge is 2.07. The molecule has 0 radical (unpaired) electrons. The molecule has 2 nitrogen and oxygen atoms in total. The highest BCUT2D eigenvalue weighted by atomic mass is 32.1. The van der Waals surface area contributed by atoms with Crippen LogP contribution in [-0.2, 0) is 11.2 Å². The lowest BCUT2D eigenvalue weighted by Gasteiger charge is -1.89. The van der Waals surface area contributed by atoms with E-state index in [4.69, 9.17) is 5.11 Å². The SMILES string of the molecule is O=C(O)Cc1csc2cscc12. The number of carbonyl (C=O) groups is 1. The largest absolute Gasteiger partial charge is 0.481 e. The molecular weight excluding hydrogens is 192 g/mol. The van der Waals surface area contributed by atoms with Crippen LogP contribution < -0.4 is 0 Å². The minimum absolute atomic E-state index is 0.136. The molecule has 2 heterocycles. The molecule has 2 rings (SSSR count). The van der Waals surface area contributed by atoms with Crippen molar-refractivity contribution in [1.82, 2.24) is 0 Å². The Hall–Kier alpha value is -0.870. The van der Waals surface area contributed by atoms with Gasteiger partial charge in [-0.1, -0.05) is 0 Å². The Bertz CT molecular complexity index is 413. The second-order valence-electron chi connectivity index (χ2n) is 2.48. The molecule has 0 amide bonds. The summed E-state index contributed by atoms with van der Waals surface area (Å²) in [5.74, 6) is -0.763. The number of carboxylic acid groups (broad SMARTS) is 1. The summed E-state index contributed by atoms with van der Waals surface area (Å²) in [6, 6.07) is 0. The van der Waals surface area contributed by atoms with Gasteiger partial charge in [-0.05, 0) is 16.3 Å². The normalized spacial score (nSPS) is 10.7. The Morgan fingerprint density at radius 2 is 2.25 bits per heavy atom. The predicted octanol–water partition coefficient (Wildman–Crippen LogP) is 2.59. The standard InChI is InChI=1S/C8H6O2S2/c9-8(10)1-5-2-12-7-4-11-3-6(5)7/h2-4H,1H2,(H,9,10). The summed E-state index contributed by atoms with van der Waals surface area (Å²) >= 11 is 3.23. The van der Waals surface area contributed by atoms with Crippen LogP contribution in [0.1, 0.15) is 5.56 Å². The van der Waals surface area contributed by atoms with E-state index >= 15 is 0 Å². The van der Waals surface area contributed by atoms with Crippen LogP contribution in [0.5, 0.6) is 0 Å². The van der Waals surface area contributed by atoms with Crippen molar-refractivity contribution in [1.29, 1.82) is 0 Å². The molecule has 0 unspecified atom stereocenters. The van der Waals surface area contributed by atoms with E-state index in [0.717, 1.165) is 10.9 Å². The van der Waals surface area contributed by atoms with E-state index in [1.54, 1.807) is 22.7 Å². The number of hydrogen-bond donors (Lipinski definition) is 1. The third-order valence-corrected chi connectivity index (χ3v) is 3.53. The fourth-order valence-corrected chi connectivity index (χ4v) is 3.10. The zero-order valence-corrected chi connectivity index (χ0v) is 7.74. The lowest BCUT2D eigenvalue weighted by molar-refractivity contribution is -0.136. The molecule has 12 heavy (non-hydrogen) atoms. The number of rotatable bonds is 2. The third kappa shape index (κ3) is 1.23. The highest BCUT2D eigenvalue weighted by Crippen LogP contribution is 2.29. The Morgan fingerprint density at radius 3 is 3.00 bits per heavy atom. The Kier molecular flexibility index (Phi) is 1.86.